The first-order chi connectivity index (χ1) is 10.0. The average Bonchev–Trinajstić information content (AvgIpc) is 2.48. The molecule has 0 radical (unpaired) electrons. The predicted molar refractivity (Wildman–Crippen MR) is 82.2 cm³/mol. The Morgan fingerprint density at radius 1 is 1.14 bits per heavy atom. The first-order valence-electron chi connectivity index (χ1n) is 6.45. The van der Waals surface area contributed by atoms with Crippen molar-refractivity contribution in [2.75, 3.05) is 14.2 Å². The highest BCUT2D eigenvalue weighted by Gasteiger charge is 2.14. The van der Waals surface area contributed by atoms with E-state index in [9.17, 15) is 8.78 Å². The summed E-state index contributed by atoms with van der Waals surface area (Å²) in [6, 6.07) is 10.2. The van der Waals surface area contributed by atoms with E-state index < -0.39 is 11.6 Å². The Morgan fingerprint density at radius 3 is 2.62 bits per heavy atom. The number of methoxy groups -OCH3 is 1. The highest BCUT2D eigenvalue weighted by Crippen LogP contribution is 2.23. The quantitative estimate of drug-likeness (QED) is 0.738. The number of ether oxygens (including phenoxy) is 1. The summed E-state index contributed by atoms with van der Waals surface area (Å²) in [6.07, 6.45) is 0. The van der Waals surface area contributed by atoms with Gasteiger partial charge in [-0.1, -0.05) is 12.1 Å². The summed E-state index contributed by atoms with van der Waals surface area (Å²) in [5, 5.41) is 0. The number of halogens is 3. The monoisotopic (exact) mass is 355 g/mol. The molecule has 112 valence electrons. The smallest absolute Gasteiger partial charge is 0.144 e. The van der Waals surface area contributed by atoms with E-state index in [1.165, 1.54) is 12.1 Å². The Hall–Kier alpha value is -1.46. The van der Waals surface area contributed by atoms with Crippen molar-refractivity contribution >= 4 is 15.9 Å². The molecule has 0 aromatic heterocycles. The lowest BCUT2D eigenvalue weighted by Gasteiger charge is -2.18. The number of hydrogen-bond donors (Lipinski definition) is 0. The van der Waals surface area contributed by atoms with Crippen LogP contribution in [0.3, 0.4) is 0 Å². The highest BCUT2D eigenvalue weighted by molar-refractivity contribution is 9.10. The Bertz CT molecular complexity index is 634. The van der Waals surface area contributed by atoms with Gasteiger partial charge in [-0.15, -0.1) is 0 Å². The topological polar surface area (TPSA) is 12.5 Å². The number of nitrogens with zero attached hydrogens (tertiary/aromatic N) is 1. The van der Waals surface area contributed by atoms with Crippen molar-refractivity contribution in [2.24, 2.45) is 0 Å². The van der Waals surface area contributed by atoms with Crippen molar-refractivity contribution in [2.45, 2.75) is 13.1 Å². The van der Waals surface area contributed by atoms with Crippen molar-refractivity contribution in [3.8, 4) is 5.75 Å². The number of rotatable bonds is 5. The molecule has 2 rings (SSSR count). The lowest BCUT2D eigenvalue weighted by Crippen LogP contribution is -2.19. The molecular weight excluding hydrogens is 340 g/mol. The standard InChI is InChI=1S/C16H16BrF2NO/c1-20(9-11-4-3-5-12(8-11)21-2)10-13-15(18)7-6-14(17)16(13)19/h3-8H,9-10H2,1-2H3. The minimum absolute atomic E-state index is 0.0646. The minimum atomic E-state index is -0.549. The third-order valence-corrected chi connectivity index (χ3v) is 3.77. The molecule has 2 aromatic rings. The van der Waals surface area contributed by atoms with E-state index in [2.05, 4.69) is 15.9 Å². The Labute approximate surface area is 131 Å². The molecule has 0 N–H and O–H groups in total. The maximum Gasteiger partial charge on any atom is 0.144 e. The highest BCUT2D eigenvalue weighted by atomic mass is 79.9. The molecule has 0 atom stereocenters. The number of hydrogen-bond acceptors (Lipinski definition) is 2. The molecule has 0 fully saturated rings. The van der Waals surface area contributed by atoms with Gasteiger partial charge in [0.1, 0.15) is 17.4 Å². The van der Waals surface area contributed by atoms with E-state index in [1.54, 1.807) is 7.11 Å². The van der Waals surface area contributed by atoms with E-state index in [0.717, 1.165) is 11.3 Å². The zero-order valence-electron chi connectivity index (χ0n) is 11.9. The average molecular weight is 356 g/mol. The molecule has 2 aromatic carbocycles. The van der Waals surface area contributed by atoms with Crippen LogP contribution in [0.25, 0.3) is 0 Å². The molecular formula is C16H16BrF2NO. The van der Waals surface area contributed by atoms with Crippen LogP contribution in [-0.2, 0) is 13.1 Å². The van der Waals surface area contributed by atoms with Crippen LogP contribution in [-0.4, -0.2) is 19.1 Å². The van der Waals surface area contributed by atoms with Crippen molar-refractivity contribution in [3.05, 3.63) is 63.6 Å². The summed E-state index contributed by atoms with van der Waals surface area (Å²) in [7, 11) is 3.42. The summed E-state index contributed by atoms with van der Waals surface area (Å²) in [5.74, 6) is -0.318. The lowest BCUT2D eigenvalue weighted by molar-refractivity contribution is 0.306. The van der Waals surface area contributed by atoms with Gasteiger partial charge in [-0.3, -0.25) is 4.90 Å². The first-order valence-corrected chi connectivity index (χ1v) is 7.24. The van der Waals surface area contributed by atoms with Crippen molar-refractivity contribution in [1.29, 1.82) is 0 Å². The molecule has 0 bridgehead atoms. The molecule has 2 nitrogen and oxygen atoms in total. The van der Waals surface area contributed by atoms with E-state index >= 15 is 0 Å². The van der Waals surface area contributed by atoms with Crippen molar-refractivity contribution in [1.82, 2.24) is 4.90 Å². The van der Waals surface area contributed by atoms with Crippen LogP contribution in [0.5, 0.6) is 5.75 Å². The van der Waals surface area contributed by atoms with Gasteiger partial charge in [0.2, 0.25) is 0 Å². The van der Waals surface area contributed by atoms with E-state index in [0.29, 0.717) is 6.54 Å². The molecule has 0 saturated carbocycles. The summed E-state index contributed by atoms with van der Waals surface area (Å²) < 4.78 is 33.1. The zero-order chi connectivity index (χ0) is 15.4. The summed E-state index contributed by atoms with van der Waals surface area (Å²) >= 11 is 3.08. The molecule has 21 heavy (non-hydrogen) atoms. The van der Waals surface area contributed by atoms with Gasteiger partial charge in [0.25, 0.3) is 0 Å². The summed E-state index contributed by atoms with van der Waals surface area (Å²) in [4.78, 5) is 1.85. The maximum atomic E-state index is 13.9. The van der Waals surface area contributed by atoms with Gasteiger partial charge in [0.15, 0.2) is 0 Å². The fraction of sp³-hybridized carbons (Fsp3) is 0.250. The van der Waals surface area contributed by atoms with Gasteiger partial charge < -0.3 is 4.74 Å². The van der Waals surface area contributed by atoms with Gasteiger partial charge in [0.05, 0.1) is 11.6 Å². The molecule has 0 aliphatic rings. The third kappa shape index (κ3) is 4.02. The lowest BCUT2D eigenvalue weighted by atomic mass is 10.1. The van der Waals surface area contributed by atoms with Gasteiger partial charge in [-0.2, -0.15) is 0 Å². The largest absolute Gasteiger partial charge is 0.497 e. The predicted octanol–water partition coefficient (Wildman–Crippen LogP) is 4.37. The molecule has 0 heterocycles. The van der Waals surface area contributed by atoms with Gasteiger partial charge in [-0.05, 0) is 52.8 Å². The summed E-state index contributed by atoms with van der Waals surface area (Å²) in [5.41, 5.74) is 1.09. The van der Waals surface area contributed by atoms with Crippen LogP contribution < -0.4 is 4.74 Å². The number of benzene rings is 2. The molecule has 0 spiro atoms. The molecule has 0 amide bonds. The van der Waals surface area contributed by atoms with E-state index in [-0.39, 0.29) is 16.6 Å². The zero-order valence-corrected chi connectivity index (χ0v) is 13.5. The van der Waals surface area contributed by atoms with Gasteiger partial charge in [0, 0.05) is 18.7 Å². The van der Waals surface area contributed by atoms with E-state index in [4.69, 9.17) is 4.74 Å². The molecule has 0 aliphatic heterocycles. The van der Waals surface area contributed by atoms with Crippen LogP contribution in [0.2, 0.25) is 0 Å². The van der Waals surface area contributed by atoms with Gasteiger partial charge in [-0.25, -0.2) is 8.78 Å². The molecule has 0 aliphatic carbocycles. The molecule has 0 saturated heterocycles. The second-order valence-corrected chi connectivity index (χ2v) is 5.70. The SMILES string of the molecule is COc1cccc(CN(C)Cc2c(F)ccc(Br)c2F)c1. The Morgan fingerprint density at radius 2 is 1.90 bits per heavy atom. The van der Waals surface area contributed by atoms with Crippen LogP contribution in [0, 0.1) is 11.6 Å². The Kier molecular flexibility index (Phi) is 5.31. The first kappa shape index (κ1) is 15.9. The summed E-state index contributed by atoms with van der Waals surface area (Å²) in [6.45, 7) is 0.761. The fourth-order valence-electron chi connectivity index (χ4n) is 2.12. The normalized spacial score (nSPS) is 11.0. The van der Waals surface area contributed by atoms with Crippen LogP contribution >= 0.6 is 15.9 Å². The minimum Gasteiger partial charge on any atom is -0.497 e. The van der Waals surface area contributed by atoms with Gasteiger partial charge >= 0.3 is 0 Å². The second kappa shape index (κ2) is 7.00. The van der Waals surface area contributed by atoms with Crippen LogP contribution in [0.1, 0.15) is 11.1 Å². The van der Waals surface area contributed by atoms with E-state index in [1.807, 2.05) is 36.2 Å². The Balaban J connectivity index is 2.11. The van der Waals surface area contributed by atoms with Crippen molar-refractivity contribution < 1.29 is 13.5 Å². The van der Waals surface area contributed by atoms with Crippen LogP contribution in [0.15, 0.2) is 40.9 Å². The second-order valence-electron chi connectivity index (χ2n) is 4.85. The fourth-order valence-corrected chi connectivity index (χ4v) is 2.49. The maximum absolute atomic E-state index is 13.9. The molecule has 5 heteroatoms. The molecule has 0 unspecified atom stereocenters. The van der Waals surface area contributed by atoms with Crippen LogP contribution in [0.4, 0.5) is 8.78 Å². The third-order valence-electron chi connectivity index (χ3n) is 3.15. The van der Waals surface area contributed by atoms with Crippen molar-refractivity contribution in [3.63, 3.8) is 0 Å².